The highest BCUT2D eigenvalue weighted by Gasteiger charge is 2.18. The highest BCUT2D eigenvalue weighted by molar-refractivity contribution is 7.98. The Bertz CT molecular complexity index is 912. The molecule has 146 valence electrons. The van der Waals surface area contributed by atoms with Crippen LogP contribution in [0.4, 0.5) is 11.4 Å². The summed E-state index contributed by atoms with van der Waals surface area (Å²) < 4.78 is 33.5. The van der Waals surface area contributed by atoms with E-state index in [4.69, 9.17) is 4.74 Å². The zero-order chi connectivity index (χ0) is 20.0. The Morgan fingerprint density at radius 2 is 1.93 bits per heavy atom. The van der Waals surface area contributed by atoms with Crippen molar-refractivity contribution in [2.45, 2.75) is 30.6 Å². The lowest BCUT2D eigenvalue weighted by atomic mass is 10.2. The van der Waals surface area contributed by atoms with E-state index in [0.717, 1.165) is 4.90 Å². The topological polar surface area (TPSA) is 84.5 Å². The lowest BCUT2D eigenvalue weighted by molar-refractivity contribution is -0.118. The molecule has 2 aromatic rings. The average molecular weight is 409 g/mol. The molecule has 6 nitrogen and oxygen atoms in total. The van der Waals surface area contributed by atoms with E-state index >= 15 is 0 Å². The number of hydrogen-bond acceptors (Lipinski definition) is 5. The van der Waals surface area contributed by atoms with Gasteiger partial charge in [0, 0.05) is 16.9 Å². The van der Waals surface area contributed by atoms with E-state index in [-0.39, 0.29) is 16.7 Å². The minimum atomic E-state index is -3.81. The van der Waals surface area contributed by atoms with E-state index in [0.29, 0.717) is 23.7 Å². The second-order valence-corrected chi connectivity index (χ2v) is 8.60. The summed E-state index contributed by atoms with van der Waals surface area (Å²) in [6, 6.07) is 11.4. The van der Waals surface area contributed by atoms with E-state index in [1.807, 2.05) is 13.2 Å². The molecule has 8 heteroatoms. The van der Waals surface area contributed by atoms with Gasteiger partial charge in [0.1, 0.15) is 5.75 Å². The molecule has 0 aliphatic heterocycles. The van der Waals surface area contributed by atoms with E-state index < -0.39 is 10.0 Å². The summed E-state index contributed by atoms with van der Waals surface area (Å²) in [5, 5.41) is 2.79. The predicted molar refractivity (Wildman–Crippen MR) is 110 cm³/mol. The summed E-state index contributed by atoms with van der Waals surface area (Å²) in [6.07, 6.45) is 1.87. The van der Waals surface area contributed by atoms with Crippen LogP contribution in [0.15, 0.2) is 52.3 Å². The van der Waals surface area contributed by atoms with Crippen molar-refractivity contribution in [2.75, 3.05) is 22.9 Å². The van der Waals surface area contributed by atoms with Gasteiger partial charge >= 0.3 is 0 Å². The minimum Gasteiger partial charge on any atom is -0.494 e. The maximum Gasteiger partial charge on any atom is 0.261 e. The number of ether oxygens (including phenoxy) is 1. The van der Waals surface area contributed by atoms with Crippen LogP contribution in [0.3, 0.4) is 0 Å². The summed E-state index contributed by atoms with van der Waals surface area (Å²) in [4.78, 5) is 12.9. The smallest absolute Gasteiger partial charge is 0.261 e. The van der Waals surface area contributed by atoms with Crippen LogP contribution in [0.25, 0.3) is 0 Å². The number of hydrogen-bond donors (Lipinski definition) is 2. The largest absolute Gasteiger partial charge is 0.494 e. The normalized spacial score (nSPS) is 11.3. The van der Waals surface area contributed by atoms with Crippen molar-refractivity contribution in [3.05, 3.63) is 42.5 Å². The summed E-state index contributed by atoms with van der Waals surface area (Å²) >= 11 is 1.43. The van der Waals surface area contributed by atoms with E-state index in [1.165, 1.54) is 23.9 Å². The lowest BCUT2D eigenvalue weighted by Gasteiger charge is -2.14. The predicted octanol–water partition coefficient (Wildman–Crippen LogP) is 4.20. The maximum atomic E-state index is 12.8. The number of carbonyl (C=O) groups excluding carboxylic acids is 1. The Labute approximate surface area is 164 Å². The fourth-order valence-corrected chi connectivity index (χ4v) is 3.87. The molecule has 0 radical (unpaired) electrons. The third kappa shape index (κ3) is 5.64. The van der Waals surface area contributed by atoms with Crippen LogP contribution >= 0.6 is 11.8 Å². The molecule has 1 amide bonds. The van der Waals surface area contributed by atoms with Gasteiger partial charge < -0.3 is 10.1 Å². The molecule has 2 rings (SSSR count). The number of benzene rings is 2. The molecular weight excluding hydrogens is 384 g/mol. The Kier molecular flexibility index (Phi) is 7.15. The molecule has 2 aromatic carbocycles. The first kappa shape index (κ1) is 21.1. The third-order valence-corrected chi connectivity index (χ3v) is 5.84. The Hall–Kier alpha value is -2.19. The van der Waals surface area contributed by atoms with E-state index in [1.54, 1.807) is 44.2 Å². The van der Waals surface area contributed by atoms with Crippen molar-refractivity contribution in [3.8, 4) is 5.75 Å². The second kappa shape index (κ2) is 9.14. The Morgan fingerprint density at radius 3 is 2.56 bits per heavy atom. The molecule has 0 saturated carbocycles. The molecular formula is C19H24N2O4S2. The molecule has 0 aliphatic rings. The highest BCUT2D eigenvalue weighted by Crippen LogP contribution is 2.30. The van der Waals surface area contributed by atoms with Crippen LogP contribution in [0.5, 0.6) is 5.75 Å². The van der Waals surface area contributed by atoms with Gasteiger partial charge in [-0.2, -0.15) is 0 Å². The van der Waals surface area contributed by atoms with Crippen LogP contribution in [-0.4, -0.2) is 27.2 Å². The number of amides is 1. The standard InChI is InChI=1S/C19H24N2O4S2/c1-5-25-15-8-6-7-14(11-15)21-27(23,24)16-9-10-18(26-4)17(12-16)20-19(22)13(2)3/h6-13,21H,5H2,1-4H3,(H,20,22). The van der Waals surface area contributed by atoms with Crippen LogP contribution in [0, 0.1) is 5.92 Å². The molecule has 0 aliphatic carbocycles. The van der Waals surface area contributed by atoms with E-state index in [2.05, 4.69) is 10.0 Å². The number of thioether (sulfide) groups is 1. The van der Waals surface area contributed by atoms with Gasteiger partial charge in [0.05, 0.1) is 22.9 Å². The minimum absolute atomic E-state index is 0.0705. The molecule has 0 aromatic heterocycles. The first-order chi connectivity index (χ1) is 12.8. The molecule has 0 saturated heterocycles. The fraction of sp³-hybridized carbons (Fsp3) is 0.316. The Morgan fingerprint density at radius 1 is 1.19 bits per heavy atom. The molecule has 0 heterocycles. The maximum absolute atomic E-state index is 12.8. The van der Waals surface area contributed by atoms with Crippen LogP contribution in [0.2, 0.25) is 0 Å². The van der Waals surface area contributed by atoms with Gasteiger partial charge in [-0.1, -0.05) is 19.9 Å². The molecule has 0 unspecified atom stereocenters. The van der Waals surface area contributed by atoms with E-state index in [9.17, 15) is 13.2 Å². The number of sulfonamides is 1. The molecule has 0 atom stereocenters. The van der Waals surface area contributed by atoms with Crippen LogP contribution < -0.4 is 14.8 Å². The van der Waals surface area contributed by atoms with Gasteiger partial charge in [-0.05, 0) is 43.5 Å². The zero-order valence-corrected chi connectivity index (χ0v) is 17.4. The first-order valence-corrected chi connectivity index (χ1v) is 11.2. The molecule has 27 heavy (non-hydrogen) atoms. The van der Waals surface area contributed by atoms with Crippen molar-refractivity contribution < 1.29 is 17.9 Å². The van der Waals surface area contributed by atoms with Gasteiger partial charge in [-0.3, -0.25) is 9.52 Å². The third-order valence-electron chi connectivity index (χ3n) is 3.66. The summed E-state index contributed by atoms with van der Waals surface area (Å²) in [5.41, 5.74) is 0.884. The van der Waals surface area contributed by atoms with Gasteiger partial charge in [-0.25, -0.2) is 8.42 Å². The molecule has 2 N–H and O–H groups in total. The van der Waals surface area contributed by atoms with Gasteiger partial charge in [0.15, 0.2) is 0 Å². The number of rotatable bonds is 8. The average Bonchev–Trinajstić information content (AvgIpc) is 2.61. The summed E-state index contributed by atoms with van der Waals surface area (Å²) in [6.45, 7) is 5.91. The molecule has 0 bridgehead atoms. The monoisotopic (exact) mass is 408 g/mol. The summed E-state index contributed by atoms with van der Waals surface area (Å²) in [5.74, 6) is 0.205. The Balaban J connectivity index is 2.32. The second-order valence-electron chi connectivity index (χ2n) is 6.07. The summed E-state index contributed by atoms with van der Waals surface area (Å²) in [7, 11) is -3.81. The first-order valence-electron chi connectivity index (χ1n) is 8.51. The molecule has 0 fully saturated rings. The van der Waals surface area contributed by atoms with Crippen molar-refractivity contribution in [2.24, 2.45) is 5.92 Å². The molecule has 0 spiro atoms. The van der Waals surface area contributed by atoms with Gasteiger partial charge in [-0.15, -0.1) is 11.8 Å². The number of anilines is 2. The number of nitrogens with one attached hydrogen (secondary N) is 2. The lowest BCUT2D eigenvalue weighted by Crippen LogP contribution is -2.19. The van der Waals surface area contributed by atoms with Gasteiger partial charge in [0.25, 0.3) is 10.0 Å². The van der Waals surface area contributed by atoms with Crippen LogP contribution in [0.1, 0.15) is 20.8 Å². The van der Waals surface area contributed by atoms with Crippen molar-refractivity contribution in [1.29, 1.82) is 0 Å². The zero-order valence-electron chi connectivity index (χ0n) is 15.8. The van der Waals surface area contributed by atoms with Crippen molar-refractivity contribution >= 4 is 39.1 Å². The van der Waals surface area contributed by atoms with Crippen molar-refractivity contribution in [3.63, 3.8) is 0 Å². The SMILES string of the molecule is CCOc1cccc(NS(=O)(=O)c2ccc(SC)c(NC(=O)C(C)C)c2)c1. The quantitative estimate of drug-likeness (QED) is 0.640. The van der Waals surface area contributed by atoms with Crippen LogP contribution in [-0.2, 0) is 14.8 Å². The van der Waals surface area contributed by atoms with Crippen molar-refractivity contribution in [1.82, 2.24) is 0 Å². The fourth-order valence-electron chi connectivity index (χ4n) is 2.26. The van der Waals surface area contributed by atoms with Gasteiger partial charge in [0.2, 0.25) is 5.91 Å². The highest BCUT2D eigenvalue weighted by atomic mass is 32.2. The number of carbonyl (C=O) groups is 1.